The van der Waals surface area contributed by atoms with Crippen LogP contribution in [0.5, 0.6) is 0 Å². The van der Waals surface area contributed by atoms with Crippen molar-refractivity contribution >= 4 is 0 Å². The fraction of sp³-hybridized carbons (Fsp3) is 0.647. The van der Waals surface area contributed by atoms with Gasteiger partial charge in [-0.05, 0) is 69.6 Å². The molecule has 0 saturated carbocycles. The highest BCUT2D eigenvalue weighted by Gasteiger charge is 2.08. The maximum absolute atomic E-state index is 12.7. The highest BCUT2D eigenvalue weighted by atomic mass is 19.1. The molecule has 0 radical (unpaired) electrons. The molecule has 1 aromatic carbocycles. The van der Waals surface area contributed by atoms with E-state index in [1.54, 1.807) is 0 Å². The van der Waals surface area contributed by atoms with Gasteiger partial charge in [-0.25, -0.2) is 4.39 Å². The predicted octanol–water partition coefficient (Wildman–Crippen LogP) is 3.57. The third kappa shape index (κ3) is 6.02. The van der Waals surface area contributed by atoms with Gasteiger partial charge in [0.2, 0.25) is 0 Å². The second kappa shape index (κ2) is 9.09. The predicted molar refractivity (Wildman–Crippen MR) is 82.2 cm³/mol. The van der Waals surface area contributed by atoms with Crippen LogP contribution in [-0.2, 0) is 6.54 Å². The van der Waals surface area contributed by atoms with Crippen LogP contribution in [0.1, 0.15) is 44.1 Å². The first kappa shape index (κ1) is 15.5. The van der Waals surface area contributed by atoms with Crippen molar-refractivity contribution in [3.8, 4) is 0 Å². The number of rotatable bonds is 8. The fourth-order valence-electron chi connectivity index (χ4n) is 2.78. The van der Waals surface area contributed by atoms with Crippen molar-refractivity contribution in [1.82, 2.24) is 10.2 Å². The summed E-state index contributed by atoms with van der Waals surface area (Å²) >= 11 is 0. The van der Waals surface area contributed by atoms with Gasteiger partial charge in [-0.15, -0.1) is 0 Å². The van der Waals surface area contributed by atoms with Gasteiger partial charge >= 0.3 is 0 Å². The summed E-state index contributed by atoms with van der Waals surface area (Å²) in [6.07, 6.45) is 8.04. The molecule has 0 amide bonds. The van der Waals surface area contributed by atoms with Gasteiger partial charge in [-0.2, -0.15) is 0 Å². The van der Waals surface area contributed by atoms with Crippen LogP contribution in [0.25, 0.3) is 0 Å². The second-order valence-corrected chi connectivity index (χ2v) is 5.77. The molecule has 1 N–H and O–H groups in total. The zero-order valence-corrected chi connectivity index (χ0v) is 12.4. The zero-order chi connectivity index (χ0) is 14.0. The van der Waals surface area contributed by atoms with E-state index in [2.05, 4.69) is 10.2 Å². The quantitative estimate of drug-likeness (QED) is 0.731. The molecule has 3 heteroatoms. The van der Waals surface area contributed by atoms with Crippen LogP contribution in [0.15, 0.2) is 24.3 Å². The maximum atomic E-state index is 12.7. The molecule has 20 heavy (non-hydrogen) atoms. The van der Waals surface area contributed by atoms with E-state index in [0.29, 0.717) is 0 Å². The highest BCUT2D eigenvalue weighted by Crippen LogP contribution is 2.09. The van der Waals surface area contributed by atoms with Crippen molar-refractivity contribution < 1.29 is 4.39 Å². The fourth-order valence-corrected chi connectivity index (χ4v) is 2.78. The van der Waals surface area contributed by atoms with Gasteiger partial charge in [-0.3, -0.25) is 0 Å². The van der Waals surface area contributed by atoms with Crippen molar-refractivity contribution in [2.24, 2.45) is 0 Å². The summed E-state index contributed by atoms with van der Waals surface area (Å²) in [6, 6.07) is 6.74. The molecule has 0 spiro atoms. The molecule has 1 heterocycles. The number of nitrogens with one attached hydrogen (secondary N) is 1. The van der Waals surface area contributed by atoms with E-state index in [-0.39, 0.29) is 5.82 Å². The van der Waals surface area contributed by atoms with Crippen molar-refractivity contribution in [2.45, 2.75) is 45.1 Å². The Balaban J connectivity index is 1.44. The molecule has 0 aliphatic carbocycles. The summed E-state index contributed by atoms with van der Waals surface area (Å²) in [7, 11) is 0. The monoisotopic (exact) mass is 278 g/mol. The molecule has 2 rings (SSSR count). The summed E-state index contributed by atoms with van der Waals surface area (Å²) in [4.78, 5) is 2.61. The second-order valence-electron chi connectivity index (χ2n) is 5.77. The number of hydrogen-bond acceptors (Lipinski definition) is 2. The molecule has 0 unspecified atom stereocenters. The van der Waals surface area contributed by atoms with Crippen LogP contribution in [0.4, 0.5) is 4.39 Å². The Labute approximate surface area is 122 Å². The average Bonchev–Trinajstić information content (AvgIpc) is 2.49. The molecular weight excluding hydrogens is 251 g/mol. The van der Waals surface area contributed by atoms with Gasteiger partial charge < -0.3 is 10.2 Å². The van der Waals surface area contributed by atoms with Crippen molar-refractivity contribution in [2.75, 3.05) is 26.2 Å². The van der Waals surface area contributed by atoms with Gasteiger partial charge in [-0.1, -0.05) is 25.0 Å². The number of piperidine rings is 1. The van der Waals surface area contributed by atoms with Crippen LogP contribution in [-0.4, -0.2) is 31.1 Å². The van der Waals surface area contributed by atoms with Gasteiger partial charge in [0.05, 0.1) is 0 Å². The van der Waals surface area contributed by atoms with Crippen LogP contribution < -0.4 is 5.32 Å². The summed E-state index contributed by atoms with van der Waals surface area (Å²) in [5, 5.41) is 3.42. The topological polar surface area (TPSA) is 15.3 Å². The highest BCUT2D eigenvalue weighted by molar-refractivity contribution is 5.15. The van der Waals surface area contributed by atoms with E-state index in [1.807, 2.05) is 12.1 Å². The Bertz CT molecular complexity index is 358. The first-order chi connectivity index (χ1) is 9.84. The minimum atomic E-state index is -0.161. The lowest BCUT2D eigenvalue weighted by atomic mass is 10.1. The summed E-state index contributed by atoms with van der Waals surface area (Å²) in [5.74, 6) is -0.161. The molecule has 0 aromatic heterocycles. The molecule has 2 nitrogen and oxygen atoms in total. The number of benzene rings is 1. The Morgan fingerprint density at radius 2 is 1.70 bits per heavy atom. The Kier molecular flexibility index (Phi) is 7.02. The van der Waals surface area contributed by atoms with Gasteiger partial charge in [0.25, 0.3) is 0 Å². The number of halogens is 1. The molecule has 1 aromatic rings. The van der Waals surface area contributed by atoms with Crippen LogP contribution in [0.3, 0.4) is 0 Å². The SMILES string of the molecule is Fc1ccc(CNCCCCCN2CCCCC2)cc1. The largest absolute Gasteiger partial charge is 0.313 e. The maximum Gasteiger partial charge on any atom is 0.123 e. The van der Waals surface area contributed by atoms with Crippen molar-refractivity contribution in [3.05, 3.63) is 35.6 Å². The van der Waals surface area contributed by atoms with Crippen molar-refractivity contribution in [1.29, 1.82) is 0 Å². The standard InChI is InChI=1S/C17H27FN2/c18-17-9-7-16(8-10-17)15-19-11-3-1-4-12-20-13-5-2-6-14-20/h7-10,19H,1-6,11-15H2. The minimum Gasteiger partial charge on any atom is -0.313 e. The van der Waals surface area contributed by atoms with E-state index in [1.165, 1.54) is 70.3 Å². The number of hydrogen-bond donors (Lipinski definition) is 1. The van der Waals surface area contributed by atoms with Gasteiger partial charge in [0.15, 0.2) is 0 Å². The van der Waals surface area contributed by atoms with E-state index in [0.717, 1.165) is 18.7 Å². The molecule has 0 atom stereocenters. The Morgan fingerprint density at radius 1 is 0.950 bits per heavy atom. The van der Waals surface area contributed by atoms with E-state index in [4.69, 9.17) is 0 Å². The molecule has 0 bridgehead atoms. The lowest BCUT2D eigenvalue weighted by molar-refractivity contribution is 0.224. The third-order valence-corrected chi connectivity index (χ3v) is 4.02. The number of unbranched alkanes of at least 4 members (excludes halogenated alkanes) is 2. The van der Waals surface area contributed by atoms with Crippen LogP contribution in [0.2, 0.25) is 0 Å². The van der Waals surface area contributed by atoms with Crippen LogP contribution in [0, 0.1) is 5.82 Å². The molecule has 1 aliphatic heterocycles. The van der Waals surface area contributed by atoms with Crippen molar-refractivity contribution in [3.63, 3.8) is 0 Å². The van der Waals surface area contributed by atoms with E-state index < -0.39 is 0 Å². The first-order valence-corrected chi connectivity index (χ1v) is 8.02. The first-order valence-electron chi connectivity index (χ1n) is 8.02. The van der Waals surface area contributed by atoms with Gasteiger partial charge in [0.1, 0.15) is 5.82 Å². The zero-order valence-electron chi connectivity index (χ0n) is 12.4. The summed E-state index contributed by atoms with van der Waals surface area (Å²) in [5.41, 5.74) is 1.15. The Hall–Kier alpha value is -0.930. The lowest BCUT2D eigenvalue weighted by Gasteiger charge is -2.26. The minimum absolute atomic E-state index is 0.161. The normalized spacial score (nSPS) is 16.4. The van der Waals surface area contributed by atoms with E-state index in [9.17, 15) is 4.39 Å². The smallest absolute Gasteiger partial charge is 0.123 e. The molecule has 1 fully saturated rings. The Morgan fingerprint density at radius 3 is 2.45 bits per heavy atom. The number of nitrogens with zero attached hydrogens (tertiary/aromatic N) is 1. The van der Waals surface area contributed by atoms with Crippen LogP contribution >= 0.6 is 0 Å². The third-order valence-electron chi connectivity index (χ3n) is 4.02. The summed E-state index contributed by atoms with van der Waals surface area (Å²) < 4.78 is 12.7. The molecule has 1 aliphatic rings. The molecule has 1 saturated heterocycles. The molecule has 112 valence electrons. The van der Waals surface area contributed by atoms with Gasteiger partial charge in [0, 0.05) is 6.54 Å². The summed E-state index contributed by atoms with van der Waals surface area (Å²) in [6.45, 7) is 5.79. The lowest BCUT2D eigenvalue weighted by Crippen LogP contribution is -2.30. The van der Waals surface area contributed by atoms with E-state index >= 15 is 0 Å². The number of likely N-dealkylation sites (tertiary alicyclic amines) is 1. The molecular formula is C17H27FN2. The average molecular weight is 278 g/mol.